The zero-order valence-corrected chi connectivity index (χ0v) is 16.0. The fourth-order valence-electron chi connectivity index (χ4n) is 7.06. The number of nitrogens with zero attached hydrogens (tertiary/aromatic N) is 3. The maximum atomic E-state index is 13.7. The van der Waals surface area contributed by atoms with E-state index in [0.29, 0.717) is 5.91 Å². The third kappa shape index (κ3) is 2.97. The third-order valence-electron chi connectivity index (χ3n) is 7.64. The Kier molecular flexibility index (Phi) is 4.06. The molecule has 1 aliphatic heterocycles. The van der Waals surface area contributed by atoms with Crippen LogP contribution >= 0.6 is 0 Å². The van der Waals surface area contributed by atoms with Crippen molar-refractivity contribution >= 4 is 11.8 Å². The average molecular weight is 370 g/mol. The van der Waals surface area contributed by atoms with Crippen molar-refractivity contribution in [1.29, 1.82) is 0 Å². The van der Waals surface area contributed by atoms with Crippen molar-refractivity contribution in [3.05, 3.63) is 18.2 Å². The first-order chi connectivity index (χ1) is 13.0. The SMILES string of the molecule is NC(=O)Cn1ccnc1C1CCCN(C(=O)C23CC4CC(CC(C4)C2)C3)C1. The van der Waals surface area contributed by atoms with E-state index in [1.165, 1.54) is 19.3 Å². The summed E-state index contributed by atoms with van der Waals surface area (Å²) >= 11 is 0. The molecule has 1 saturated heterocycles. The van der Waals surface area contributed by atoms with Crippen LogP contribution in [-0.2, 0) is 16.1 Å². The van der Waals surface area contributed by atoms with Crippen molar-refractivity contribution in [3.8, 4) is 0 Å². The Morgan fingerprint density at radius 3 is 2.44 bits per heavy atom. The molecule has 1 atom stereocenters. The van der Waals surface area contributed by atoms with Gasteiger partial charge in [-0.25, -0.2) is 4.98 Å². The molecule has 6 rings (SSSR count). The van der Waals surface area contributed by atoms with Crippen LogP contribution in [-0.4, -0.2) is 39.4 Å². The lowest BCUT2D eigenvalue weighted by Gasteiger charge is -2.57. The van der Waals surface area contributed by atoms with Gasteiger partial charge in [0.05, 0.1) is 5.41 Å². The molecule has 1 aromatic heterocycles. The summed E-state index contributed by atoms with van der Waals surface area (Å²) in [5, 5.41) is 0. The van der Waals surface area contributed by atoms with Crippen molar-refractivity contribution in [2.45, 2.75) is 63.8 Å². The molecule has 146 valence electrons. The minimum atomic E-state index is -0.355. The first kappa shape index (κ1) is 17.3. The minimum absolute atomic E-state index is 0.0702. The summed E-state index contributed by atoms with van der Waals surface area (Å²) in [5.41, 5.74) is 5.30. The highest BCUT2D eigenvalue weighted by molar-refractivity contribution is 5.83. The highest BCUT2D eigenvalue weighted by Crippen LogP contribution is 2.60. The normalized spacial score (nSPS) is 37.6. The van der Waals surface area contributed by atoms with Gasteiger partial charge in [0.15, 0.2) is 0 Å². The van der Waals surface area contributed by atoms with Gasteiger partial charge in [-0.05, 0) is 69.1 Å². The number of primary amides is 1. The summed E-state index contributed by atoms with van der Waals surface area (Å²) in [6.07, 6.45) is 13.0. The molecule has 1 aromatic rings. The maximum Gasteiger partial charge on any atom is 0.237 e. The number of aromatic nitrogens is 2. The zero-order valence-electron chi connectivity index (χ0n) is 16.0. The lowest BCUT2D eigenvalue weighted by molar-refractivity contribution is -0.159. The fourth-order valence-corrected chi connectivity index (χ4v) is 7.06. The van der Waals surface area contributed by atoms with Gasteiger partial charge in [-0.2, -0.15) is 0 Å². The molecule has 6 heteroatoms. The van der Waals surface area contributed by atoms with Gasteiger partial charge >= 0.3 is 0 Å². The quantitative estimate of drug-likeness (QED) is 0.883. The third-order valence-corrected chi connectivity index (χ3v) is 7.64. The van der Waals surface area contributed by atoms with E-state index < -0.39 is 0 Å². The van der Waals surface area contributed by atoms with Crippen molar-refractivity contribution in [1.82, 2.24) is 14.5 Å². The van der Waals surface area contributed by atoms with E-state index in [0.717, 1.165) is 68.8 Å². The van der Waals surface area contributed by atoms with Crippen LogP contribution in [0.25, 0.3) is 0 Å². The van der Waals surface area contributed by atoms with Crippen LogP contribution in [0.15, 0.2) is 12.4 Å². The average Bonchev–Trinajstić information content (AvgIpc) is 3.07. The molecule has 6 nitrogen and oxygen atoms in total. The molecule has 1 unspecified atom stereocenters. The number of likely N-dealkylation sites (tertiary alicyclic amines) is 1. The number of carbonyl (C=O) groups is 2. The van der Waals surface area contributed by atoms with Crippen molar-refractivity contribution in [3.63, 3.8) is 0 Å². The second-order valence-electron chi connectivity index (χ2n) is 9.67. The number of nitrogens with two attached hydrogens (primary N) is 1. The van der Waals surface area contributed by atoms with Gasteiger partial charge in [0.25, 0.3) is 0 Å². The molecule has 27 heavy (non-hydrogen) atoms. The Balaban J connectivity index is 1.34. The largest absolute Gasteiger partial charge is 0.368 e. The van der Waals surface area contributed by atoms with Crippen LogP contribution in [0.1, 0.15) is 63.1 Å². The van der Waals surface area contributed by atoms with Crippen molar-refractivity contribution in [2.75, 3.05) is 13.1 Å². The maximum absolute atomic E-state index is 13.7. The number of piperidine rings is 1. The van der Waals surface area contributed by atoms with E-state index in [9.17, 15) is 9.59 Å². The first-order valence-electron chi connectivity index (χ1n) is 10.6. The molecule has 4 aliphatic carbocycles. The number of carbonyl (C=O) groups excluding carboxylic acids is 2. The number of imidazole rings is 1. The monoisotopic (exact) mass is 370 g/mol. The highest BCUT2D eigenvalue weighted by Gasteiger charge is 2.55. The van der Waals surface area contributed by atoms with E-state index in [2.05, 4.69) is 9.88 Å². The van der Waals surface area contributed by atoms with Gasteiger partial charge < -0.3 is 15.2 Å². The number of rotatable bonds is 4. The van der Waals surface area contributed by atoms with Crippen LogP contribution in [0.5, 0.6) is 0 Å². The Hall–Kier alpha value is -1.85. The summed E-state index contributed by atoms with van der Waals surface area (Å²) in [4.78, 5) is 31.6. The molecule has 2 heterocycles. The molecular formula is C21H30N4O2. The van der Waals surface area contributed by atoms with Gasteiger partial charge in [-0.15, -0.1) is 0 Å². The molecule has 0 radical (unpaired) electrons. The van der Waals surface area contributed by atoms with E-state index in [-0.39, 0.29) is 23.8 Å². The van der Waals surface area contributed by atoms with Crippen LogP contribution in [0.3, 0.4) is 0 Å². The lowest BCUT2D eigenvalue weighted by Crippen LogP contribution is -2.56. The van der Waals surface area contributed by atoms with E-state index in [4.69, 9.17) is 5.73 Å². The summed E-state index contributed by atoms with van der Waals surface area (Å²) in [5.74, 6) is 3.52. The van der Waals surface area contributed by atoms with Crippen LogP contribution < -0.4 is 5.73 Å². The summed E-state index contributed by atoms with van der Waals surface area (Å²) in [7, 11) is 0. The topological polar surface area (TPSA) is 81.2 Å². The zero-order chi connectivity index (χ0) is 18.6. The standard InChI is InChI=1S/C21H30N4O2/c22-18(26)13-24-5-3-23-19(24)17-2-1-4-25(12-17)20(27)21-9-14-6-15(10-21)8-16(7-14)11-21/h3,5,14-17H,1-2,4,6-13H2,(H2,22,26). The van der Waals surface area contributed by atoms with E-state index in [1.807, 2.05) is 10.8 Å². The number of hydrogen-bond acceptors (Lipinski definition) is 3. The Morgan fingerprint density at radius 2 is 1.81 bits per heavy atom. The van der Waals surface area contributed by atoms with Crippen LogP contribution in [0.4, 0.5) is 0 Å². The predicted octanol–water partition coefficient (Wildman–Crippen LogP) is 2.29. The second-order valence-corrected chi connectivity index (χ2v) is 9.67. The smallest absolute Gasteiger partial charge is 0.237 e. The number of amides is 2. The Labute approximate surface area is 160 Å². The molecule has 2 amide bonds. The molecule has 5 fully saturated rings. The van der Waals surface area contributed by atoms with E-state index >= 15 is 0 Å². The Morgan fingerprint density at radius 1 is 1.15 bits per heavy atom. The molecular weight excluding hydrogens is 340 g/mol. The summed E-state index contributed by atoms with van der Waals surface area (Å²) in [6.45, 7) is 1.76. The van der Waals surface area contributed by atoms with Crippen LogP contribution in [0, 0.1) is 23.2 Å². The first-order valence-corrected chi connectivity index (χ1v) is 10.6. The van der Waals surface area contributed by atoms with Gasteiger partial charge in [0, 0.05) is 31.4 Å². The van der Waals surface area contributed by atoms with Gasteiger partial charge in [0.2, 0.25) is 11.8 Å². The van der Waals surface area contributed by atoms with Crippen LogP contribution in [0.2, 0.25) is 0 Å². The van der Waals surface area contributed by atoms with Crippen molar-refractivity contribution in [2.24, 2.45) is 28.9 Å². The fraction of sp³-hybridized carbons (Fsp3) is 0.762. The number of hydrogen-bond donors (Lipinski definition) is 1. The second kappa shape index (κ2) is 6.35. The predicted molar refractivity (Wildman–Crippen MR) is 101 cm³/mol. The summed E-state index contributed by atoms with van der Waals surface area (Å²) < 4.78 is 1.85. The molecule has 4 saturated carbocycles. The van der Waals surface area contributed by atoms with E-state index in [1.54, 1.807) is 6.20 Å². The lowest BCUT2D eigenvalue weighted by atomic mass is 9.49. The highest BCUT2D eigenvalue weighted by atomic mass is 16.2. The molecule has 5 aliphatic rings. The van der Waals surface area contributed by atoms with Gasteiger partial charge in [-0.3, -0.25) is 9.59 Å². The molecule has 0 aromatic carbocycles. The minimum Gasteiger partial charge on any atom is -0.368 e. The summed E-state index contributed by atoms with van der Waals surface area (Å²) in [6, 6.07) is 0. The Bertz CT molecular complexity index is 720. The van der Waals surface area contributed by atoms with Gasteiger partial charge in [-0.1, -0.05) is 0 Å². The van der Waals surface area contributed by atoms with Gasteiger partial charge in [0.1, 0.15) is 12.4 Å². The molecule has 4 bridgehead atoms. The van der Waals surface area contributed by atoms with Crippen molar-refractivity contribution < 1.29 is 9.59 Å². The molecule has 2 N–H and O–H groups in total. The molecule has 0 spiro atoms.